The summed E-state index contributed by atoms with van der Waals surface area (Å²) in [5.41, 5.74) is 4.34. The lowest BCUT2D eigenvalue weighted by atomic mass is 10.0. The summed E-state index contributed by atoms with van der Waals surface area (Å²) in [6.07, 6.45) is 5.06. The van der Waals surface area contributed by atoms with Crippen LogP contribution in [-0.2, 0) is 13.1 Å². The minimum atomic E-state index is -0.338. The first-order valence-electron chi connectivity index (χ1n) is 14.1. The molecule has 1 fully saturated rings. The maximum atomic E-state index is 14.9. The molecule has 0 atom stereocenters. The molecule has 1 amide bonds. The average molecular weight is 583 g/mol. The topological polar surface area (TPSA) is 100 Å². The summed E-state index contributed by atoms with van der Waals surface area (Å²) < 4.78 is 21.9. The van der Waals surface area contributed by atoms with Gasteiger partial charge in [0.15, 0.2) is 0 Å². The quantitative estimate of drug-likeness (QED) is 0.297. The molecular formula is C32H35FN8O2. The molecule has 222 valence electrons. The highest BCUT2D eigenvalue weighted by Gasteiger charge is 2.16. The van der Waals surface area contributed by atoms with Crippen LogP contribution in [0.2, 0.25) is 0 Å². The first-order chi connectivity index (χ1) is 20.8. The van der Waals surface area contributed by atoms with Crippen LogP contribution >= 0.6 is 0 Å². The number of piperazine rings is 1. The predicted molar refractivity (Wildman–Crippen MR) is 164 cm³/mol. The van der Waals surface area contributed by atoms with E-state index < -0.39 is 0 Å². The van der Waals surface area contributed by atoms with Crippen molar-refractivity contribution < 1.29 is 13.9 Å². The fourth-order valence-corrected chi connectivity index (χ4v) is 4.62. The Hall–Kier alpha value is -4.79. The number of carbonyl (C=O) groups excluding carboxylic acids is 1. The monoisotopic (exact) mass is 582 g/mol. The smallest absolute Gasteiger partial charge is 0.256 e. The molecule has 2 N–H and O–H groups in total. The van der Waals surface area contributed by atoms with Gasteiger partial charge in [0, 0.05) is 74.0 Å². The van der Waals surface area contributed by atoms with Gasteiger partial charge in [-0.2, -0.15) is 0 Å². The Morgan fingerprint density at radius 1 is 1.07 bits per heavy atom. The van der Waals surface area contributed by atoms with E-state index in [1.54, 1.807) is 48.5 Å². The molecule has 2 aromatic carbocycles. The van der Waals surface area contributed by atoms with E-state index in [4.69, 9.17) is 4.74 Å². The largest absolute Gasteiger partial charge is 0.478 e. The highest BCUT2D eigenvalue weighted by atomic mass is 19.1. The van der Waals surface area contributed by atoms with Crippen LogP contribution in [-0.4, -0.2) is 75.8 Å². The van der Waals surface area contributed by atoms with Crippen LogP contribution in [0.3, 0.4) is 0 Å². The third-order valence-corrected chi connectivity index (χ3v) is 7.29. The van der Waals surface area contributed by atoms with Gasteiger partial charge in [-0.05, 0) is 50.7 Å². The lowest BCUT2D eigenvalue weighted by Crippen LogP contribution is -2.44. The molecule has 43 heavy (non-hydrogen) atoms. The molecule has 3 heterocycles. The van der Waals surface area contributed by atoms with Gasteiger partial charge in [-0.15, -0.1) is 5.10 Å². The fraction of sp³-hybridized carbons (Fsp3) is 0.312. The van der Waals surface area contributed by atoms with Gasteiger partial charge in [-0.3, -0.25) is 14.4 Å². The molecule has 0 unspecified atom stereocenters. The minimum Gasteiger partial charge on any atom is -0.478 e. The molecule has 0 spiro atoms. The Morgan fingerprint density at radius 3 is 2.53 bits per heavy atom. The zero-order chi connectivity index (χ0) is 30.3. The van der Waals surface area contributed by atoms with Crippen LogP contribution in [0.4, 0.5) is 21.7 Å². The number of benzene rings is 2. The fourth-order valence-electron chi connectivity index (χ4n) is 4.62. The number of rotatable bonds is 8. The third-order valence-electron chi connectivity index (χ3n) is 7.29. The molecule has 0 aliphatic carbocycles. The van der Waals surface area contributed by atoms with Gasteiger partial charge in [-0.1, -0.05) is 24.0 Å². The Labute approximate surface area is 250 Å². The minimum absolute atomic E-state index is 0.328. The van der Waals surface area contributed by atoms with Crippen molar-refractivity contribution in [2.24, 2.45) is 0 Å². The van der Waals surface area contributed by atoms with E-state index in [2.05, 4.69) is 54.4 Å². The molecule has 1 saturated heterocycles. The highest BCUT2D eigenvalue weighted by molar-refractivity contribution is 6.04. The lowest BCUT2D eigenvalue weighted by Gasteiger charge is -2.32. The number of likely N-dealkylation sites (N-methyl/N-ethyl adjacent to an activating group) is 1. The summed E-state index contributed by atoms with van der Waals surface area (Å²) in [6.45, 7) is 8.93. The van der Waals surface area contributed by atoms with Crippen molar-refractivity contribution in [3.63, 3.8) is 0 Å². The van der Waals surface area contributed by atoms with Crippen LogP contribution in [0.1, 0.15) is 39.5 Å². The maximum absolute atomic E-state index is 14.9. The predicted octanol–water partition coefficient (Wildman–Crippen LogP) is 4.29. The van der Waals surface area contributed by atoms with Crippen molar-refractivity contribution in [2.45, 2.75) is 26.9 Å². The first kappa shape index (κ1) is 29.7. The number of hydrogen-bond donors (Lipinski definition) is 2. The number of aryl methyl sites for hydroxylation is 2. The molecule has 0 bridgehead atoms. The summed E-state index contributed by atoms with van der Waals surface area (Å²) in [5.74, 6) is 6.35. The molecule has 11 heteroatoms. The third kappa shape index (κ3) is 7.54. The van der Waals surface area contributed by atoms with Crippen molar-refractivity contribution in [2.75, 3.05) is 51.0 Å². The molecule has 1 aliphatic rings. The Bertz CT molecular complexity index is 1650. The number of amides is 1. The van der Waals surface area contributed by atoms with Gasteiger partial charge >= 0.3 is 0 Å². The second-order valence-electron chi connectivity index (χ2n) is 10.4. The SMILES string of the molecule is CCn1cc(Nc2ncc(C#Cc3cc(C(=O)Nc4ccc(CN5CCN(C)CC5)c(F)c4)ccc3C)cn2)c(OC)n1. The van der Waals surface area contributed by atoms with Crippen molar-refractivity contribution in [1.82, 2.24) is 29.5 Å². The molecule has 10 nitrogen and oxygen atoms in total. The summed E-state index contributed by atoms with van der Waals surface area (Å²) in [6, 6.07) is 10.2. The van der Waals surface area contributed by atoms with Gasteiger partial charge in [-0.25, -0.2) is 14.4 Å². The molecule has 1 aliphatic heterocycles. The molecule has 0 saturated carbocycles. The van der Waals surface area contributed by atoms with E-state index in [1.807, 2.05) is 26.1 Å². The summed E-state index contributed by atoms with van der Waals surface area (Å²) >= 11 is 0. The number of methoxy groups -OCH3 is 1. The zero-order valence-electron chi connectivity index (χ0n) is 24.8. The van der Waals surface area contributed by atoms with Gasteiger partial charge in [0.05, 0.1) is 18.9 Å². The van der Waals surface area contributed by atoms with E-state index in [0.717, 1.165) is 31.7 Å². The number of carbonyl (C=O) groups is 1. The van der Waals surface area contributed by atoms with Crippen LogP contribution in [0.25, 0.3) is 0 Å². The summed E-state index contributed by atoms with van der Waals surface area (Å²) in [7, 11) is 3.65. The Balaban J connectivity index is 1.22. The van der Waals surface area contributed by atoms with Crippen LogP contribution in [0.5, 0.6) is 5.88 Å². The molecular weight excluding hydrogens is 547 g/mol. The van der Waals surface area contributed by atoms with Crippen LogP contribution in [0, 0.1) is 24.6 Å². The number of nitrogens with one attached hydrogen (secondary N) is 2. The number of halogens is 1. The molecule has 0 radical (unpaired) electrons. The number of ether oxygens (including phenoxy) is 1. The molecule has 5 rings (SSSR count). The lowest BCUT2D eigenvalue weighted by molar-refractivity contribution is 0.102. The number of hydrogen-bond acceptors (Lipinski definition) is 8. The van der Waals surface area contributed by atoms with E-state index in [9.17, 15) is 9.18 Å². The van der Waals surface area contributed by atoms with Gasteiger partial charge < -0.3 is 20.3 Å². The first-order valence-corrected chi connectivity index (χ1v) is 14.1. The number of aromatic nitrogens is 4. The Morgan fingerprint density at radius 2 is 1.84 bits per heavy atom. The van der Waals surface area contributed by atoms with E-state index in [-0.39, 0.29) is 11.7 Å². The average Bonchev–Trinajstić information content (AvgIpc) is 3.41. The van der Waals surface area contributed by atoms with E-state index >= 15 is 0 Å². The van der Waals surface area contributed by atoms with Crippen LogP contribution in [0.15, 0.2) is 55.0 Å². The van der Waals surface area contributed by atoms with E-state index in [1.165, 1.54) is 6.07 Å². The van der Waals surface area contributed by atoms with Crippen molar-refractivity contribution in [1.29, 1.82) is 0 Å². The second-order valence-corrected chi connectivity index (χ2v) is 10.4. The van der Waals surface area contributed by atoms with E-state index in [0.29, 0.717) is 58.5 Å². The molecule has 2 aromatic heterocycles. The van der Waals surface area contributed by atoms with Gasteiger partial charge in [0.25, 0.3) is 11.8 Å². The van der Waals surface area contributed by atoms with Crippen molar-refractivity contribution in [3.05, 3.63) is 88.6 Å². The Kier molecular flexibility index (Phi) is 9.29. The summed E-state index contributed by atoms with van der Waals surface area (Å²) in [5, 5.41) is 10.2. The summed E-state index contributed by atoms with van der Waals surface area (Å²) in [4.78, 5) is 26.2. The number of nitrogens with zero attached hydrogens (tertiary/aromatic N) is 6. The maximum Gasteiger partial charge on any atom is 0.256 e. The van der Waals surface area contributed by atoms with Crippen molar-refractivity contribution in [3.8, 4) is 17.7 Å². The van der Waals surface area contributed by atoms with Gasteiger partial charge in [0.2, 0.25) is 5.95 Å². The van der Waals surface area contributed by atoms with Crippen molar-refractivity contribution >= 4 is 23.2 Å². The van der Waals surface area contributed by atoms with Crippen LogP contribution < -0.4 is 15.4 Å². The normalized spacial score (nSPS) is 13.7. The second kappa shape index (κ2) is 13.5. The number of anilines is 3. The van der Waals surface area contributed by atoms with Gasteiger partial charge in [0.1, 0.15) is 11.5 Å². The zero-order valence-corrected chi connectivity index (χ0v) is 24.8. The highest BCUT2D eigenvalue weighted by Crippen LogP contribution is 2.24. The standard InChI is InChI=1S/C32H35FN8O2/c1-5-41-21-29(31(38-41)43-4)37-32-34-18-23(19-35-32)7-9-24-16-25(8-6-22(24)2)30(42)36-27-11-10-26(28(33)17-27)20-40-14-12-39(3)13-15-40/h6,8,10-11,16-19,21H,5,12-15,20H2,1-4H3,(H,36,42)(H,34,35,37). The molecule has 4 aromatic rings.